The molecule has 3 rings (SSSR count). The lowest BCUT2D eigenvalue weighted by atomic mass is 10.1. The monoisotopic (exact) mass is 281 g/mol. The highest BCUT2D eigenvalue weighted by atomic mass is 35.5. The molecule has 0 aliphatic heterocycles. The van der Waals surface area contributed by atoms with E-state index >= 15 is 0 Å². The molecule has 0 saturated carbocycles. The van der Waals surface area contributed by atoms with Crippen molar-refractivity contribution in [2.45, 2.75) is 0 Å². The highest BCUT2D eigenvalue weighted by Gasteiger charge is 2.04. The summed E-state index contributed by atoms with van der Waals surface area (Å²) in [6.07, 6.45) is 1.65. The molecule has 1 heterocycles. The van der Waals surface area contributed by atoms with E-state index < -0.39 is 0 Å². The van der Waals surface area contributed by atoms with E-state index in [2.05, 4.69) is 17.1 Å². The van der Waals surface area contributed by atoms with Crippen LogP contribution in [-0.2, 0) is 0 Å². The fourth-order valence-electron chi connectivity index (χ4n) is 1.90. The second-order valence-corrected chi connectivity index (χ2v) is 4.69. The average molecular weight is 282 g/mol. The van der Waals surface area contributed by atoms with Crippen LogP contribution >= 0.6 is 11.6 Å². The minimum absolute atomic E-state index is 0.418. The summed E-state index contributed by atoms with van der Waals surface area (Å²) >= 11 is 6.01. The van der Waals surface area contributed by atoms with Crippen molar-refractivity contribution in [3.8, 4) is 22.8 Å². The van der Waals surface area contributed by atoms with Gasteiger partial charge in [-0.2, -0.15) is 0 Å². The first-order valence-corrected chi connectivity index (χ1v) is 6.64. The van der Waals surface area contributed by atoms with Crippen molar-refractivity contribution >= 4 is 11.6 Å². The smallest absolute Gasteiger partial charge is 0.238 e. The fraction of sp³-hybridized carbons (Fsp3) is 0. The van der Waals surface area contributed by atoms with Gasteiger partial charge in [0.2, 0.25) is 5.88 Å². The van der Waals surface area contributed by atoms with E-state index in [4.69, 9.17) is 16.3 Å². The van der Waals surface area contributed by atoms with Crippen LogP contribution in [0.5, 0.6) is 11.6 Å². The second kappa shape index (κ2) is 5.76. The van der Waals surface area contributed by atoms with Crippen molar-refractivity contribution in [1.29, 1.82) is 0 Å². The van der Waals surface area contributed by atoms with Gasteiger partial charge in [-0.1, -0.05) is 54.1 Å². The number of halogens is 1. The molecule has 0 amide bonds. The lowest BCUT2D eigenvalue weighted by Gasteiger charge is -2.07. The molecule has 20 heavy (non-hydrogen) atoms. The molecule has 2 aromatic carbocycles. The fourth-order valence-corrected chi connectivity index (χ4v) is 2.06. The number of aromatic nitrogens is 1. The molecule has 98 valence electrons. The molecule has 0 unspecified atom stereocenters. The summed E-state index contributed by atoms with van der Waals surface area (Å²) in [4.78, 5) is 4.10. The number of rotatable bonds is 3. The van der Waals surface area contributed by atoms with E-state index in [1.807, 2.05) is 42.5 Å². The molecule has 0 fully saturated rings. The zero-order chi connectivity index (χ0) is 13.8. The maximum atomic E-state index is 6.01. The van der Waals surface area contributed by atoms with Gasteiger partial charge in [-0.15, -0.1) is 0 Å². The molecule has 0 radical (unpaired) electrons. The van der Waals surface area contributed by atoms with Crippen LogP contribution in [0.15, 0.2) is 72.9 Å². The summed E-state index contributed by atoms with van der Waals surface area (Å²) in [6, 6.07) is 21.6. The standard InChI is InChI=1S/C17H12ClNO/c18-16-7-4-12-19-17(16)20-15-10-8-14(9-11-15)13-5-2-1-3-6-13/h1-12H. The summed E-state index contributed by atoms with van der Waals surface area (Å²) in [5, 5.41) is 0.500. The summed E-state index contributed by atoms with van der Waals surface area (Å²) in [6.45, 7) is 0. The summed E-state index contributed by atoms with van der Waals surface area (Å²) < 4.78 is 5.66. The predicted molar refractivity (Wildman–Crippen MR) is 81.2 cm³/mol. The van der Waals surface area contributed by atoms with E-state index in [0.29, 0.717) is 16.7 Å². The highest BCUT2D eigenvalue weighted by Crippen LogP contribution is 2.28. The Balaban J connectivity index is 1.82. The first-order chi connectivity index (χ1) is 9.83. The van der Waals surface area contributed by atoms with E-state index in [9.17, 15) is 0 Å². The summed E-state index contributed by atoms with van der Waals surface area (Å²) in [7, 11) is 0. The van der Waals surface area contributed by atoms with Gasteiger partial charge in [0.25, 0.3) is 0 Å². The van der Waals surface area contributed by atoms with Gasteiger partial charge in [0.05, 0.1) is 0 Å². The molecule has 0 atom stereocenters. The third-order valence-electron chi connectivity index (χ3n) is 2.90. The minimum atomic E-state index is 0.418. The predicted octanol–water partition coefficient (Wildman–Crippen LogP) is 5.19. The molecular formula is C17H12ClNO. The lowest BCUT2D eigenvalue weighted by molar-refractivity contribution is 0.463. The number of nitrogens with zero attached hydrogens (tertiary/aromatic N) is 1. The van der Waals surface area contributed by atoms with Gasteiger partial charge < -0.3 is 4.74 Å². The van der Waals surface area contributed by atoms with Crippen molar-refractivity contribution in [3.63, 3.8) is 0 Å². The Bertz CT molecular complexity index is 696. The number of hydrogen-bond acceptors (Lipinski definition) is 2. The van der Waals surface area contributed by atoms with Gasteiger partial charge in [-0.05, 0) is 35.4 Å². The van der Waals surface area contributed by atoms with Crippen LogP contribution in [0.2, 0.25) is 5.02 Å². The van der Waals surface area contributed by atoms with Gasteiger partial charge >= 0.3 is 0 Å². The van der Waals surface area contributed by atoms with E-state index in [0.717, 1.165) is 5.56 Å². The first-order valence-electron chi connectivity index (χ1n) is 6.27. The quantitative estimate of drug-likeness (QED) is 0.659. The summed E-state index contributed by atoms with van der Waals surface area (Å²) in [5.74, 6) is 1.13. The maximum absolute atomic E-state index is 6.01. The zero-order valence-corrected chi connectivity index (χ0v) is 11.4. The lowest BCUT2D eigenvalue weighted by Crippen LogP contribution is -1.88. The topological polar surface area (TPSA) is 22.1 Å². The largest absolute Gasteiger partial charge is 0.438 e. The molecule has 3 aromatic rings. The Morgan fingerprint density at radius 1 is 0.750 bits per heavy atom. The van der Waals surface area contributed by atoms with Crippen LogP contribution in [-0.4, -0.2) is 4.98 Å². The Morgan fingerprint density at radius 3 is 2.15 bits per heavy atom. The molecule has 0 N–H and O–H groups in total. The third kappa shape index (κ3) is 2.81. The summed E-state index contributed by atoms with van der Waals surface area (Å²) in [5.41, 5.74) is 2.32. The maximum Gasteiger partial charge on any atom is 0.238 e. The van der Waals surface area contributed by atoms with Gasteiger partial charge in [-0.3, -0.25) is 0 Å². The average Bonchev–Trinajstić information content (AvgIpc) is 2.51. The van der Waals surface area contributed by atoms with E-state index in [-0.39, 0.29) is 0 Å². The van der Waals surface area contributed by atoms with Crippen LogP contribution < -0.4 is 4.74 Å². The Morgan fingerprint density at radius 2 is 1.45 bits per heavy atom. The van der Waals surface area contributed by atoms with Crippen LogP contribution in [0.1, 0.15) is 0 Å². The van der Waals surface area contributed by atoms with Crippen molar-refractivity contribution in [2.24, 2.45) is 0 Å². The molecule has 0 bridgehead atoms. The molecule has 0 spiro atoms. The number of pyridine rings is 1. The SMILES string of the molecule is Clc1cccnc1Oc1ccc(-c2ccccc2)cc1. The van der Waals surface area contributed by atoms with Gasteiger partial charge in [0.15, 0.2) is 0 Å². The van der Waals surface area contributed by atoms with Crippen LogP contribution in [0.4, 0.5) is 0 Å². The molecule has 1 aromatic heterocycles. The number of benzene rings is 2. The van der Waals surface area contributed by atoms with E-state index in [1.54, 1.807) is 18.3 Å². The zero-order valence-electron chi connectivity index (χ0n) is 10.7. The van der Waals surface area contributed by atoms with Crippen molar-refractivity contribution in [2.75, 3.05) is 0 Å². The van der Waals surface area contributed by atoms with Gasteiger partial charge in [0.1, 0.15) is 10.8 Å². The van der Waals surface area contributed by atoms with Gasteiger partial charge in [-0.25, -0.2) is 4.98 Å². The van der Waals surface area contributed by atoms with Crippen molar-refractivity contribution in [3.05, 3.63) is 77.9 Å². The molecule has 0 aliphatic carbocycles. The van der Waals surface area contributed by atoms with E-state index in [1.165, 1.54) is 5.56 Å². The Hall–Kier alpha value is -2.32. The van der Waals surface area contributed by atoms with Gasteiger partial charge in [0, 0.05) is 6.20 Å². The number of ether oxygens (including phenoxy) is 1. The van der Waals surface area contributed by atoms with Crippen LogP contribution in [0, 0.1) is 0 Å². The molecule has 0 aliphatic rings. The Labute approximate surface area is 122 Å². The van der Waals surface area contributed by atoms with Crippen LogP contribution in [0.25, 0.3) is 11.1 Å². The molecular weight excluding hydrogens is 270 g/mol. The number of hydrogen-bond donors (Lipinski definition) is 0. The molecule has 0 saturated heterocycles. The Kier molecular flexibility index (Phi) is 3.66. The van der Waals surface area contributed by atoms with Crippen molar-refractivity contribution in [1.82, 2.24) is 4.98 Å². The second-order valence-electron chi connectivity index (χ2n) is 4.28. The molecule has 2 nitrogen and oxygen atoms in total. The minimum Gasteiger partial charge on any atom is -0.438 e. The van der Waals surface area contributed by atoms with Crippen LogP contribution in [0.3, 0.4) is 0 Å². The normalized spacial score (nSPS) is 10.2. The van der Waals surface area contributed by atoms with Crippen molar-refractivity contribution < 1.29 is 4.74 Å². The first kappa shape index (κ1) is 12.7. The highest BCUT2D eigenvalue weighted by molar-refractivity contribution is 6.31. The molecule has 3 heteroatoms. The third-order valence-corrected chi connectivity index (χ3v) is 3.19.